The lowest BCUT2D eigenvalue weighted by molar-refractivity contribution is -0.274. The fourth-order valence-electron chi connectivity index (χ4n) is 3.18. The van der Waals surface area contributed by atoms with Crippen LogP contribution in [0.3, 0.4) is 0 Å². The fraction of sp³-hybridized carbons (Fsp3) is 0.368. The topological polar surface area (TPSA) is 67.4 Å². The minimum atomic E-state index is -5.12. The van der Waals surface area contributed by atoms with Gasteiger partial charge in [-0.2, -0.15) is 13.2 Å². The molecule has 1 heterocycles. The van der Waals surface area contributed by atoms with E-state index in [0.29, 0.717) is 18.4 Å². The predicted molar refractivity (Wildman–Crippen MR) is 101 cm³/mol. The zero-order chi connectivity index (χ0) is 22.8. The van der Waals surface area contributed by atoms with Crippen molar-refractivity contribution in [3.8, 4) is 5.75 Å². The molecule has 0 saturated heterocycles. The normalized spacial score (nSPS) is 14.4. The third kappa shape index (κ3) is 5.90. The van der Waals surface area contributed by atoms with E-state index in [1.165, 1.54) is 0 Å². The van der Waals surface area contributed by atoms with Crippen molar-refractivity contribution in [1.82, 2.24) is 0 Å². The summed E-state index contributed by atoms with van der Waals surface area (Å²) in [6.45, 7) is 0. The summed E-state index contributed by atoms with van der Waals surface area (Å²) >= 11 is 0.930. The number of amides is 2. The van der Waals surface area contributed by atoms with Crippen molar-refractivity contribution in [2.75, 3.05) is 10.6 Å². The highest BCUT2D eigenvalue weighted by Gasteiger charge is 2.40. The zero-order valence-electron chi connectivity index (χ0n) is 15.7. The highest BCUT2D eigenvalue weighted by Crippen LogP contribution is 2.38. The Hall–Kier alpha value is -2.76. The quantitative estimate of drug-likeness (QED) is 0.451. The third-order valence-corrected chi connectivity index (χ3v) is 5.69. The summed E-state index contributed by atoms with van der Waals surface area (Å²) in [5.41, 5.74) is 0.630. The number of carbonyl (C=O) groups is 2. The van der Waals surface area contributed by atoms with Crippen LogP contribution in [0, 0.1) is 0 Å². The van der Waals surface area contributed by atoms with E-state index < -0.39 is 30.1 Å². The highest BCUT2D eigenvalue weighted by molar-refractivity contribution is 7.17. The molecule has 2 aromatic rings. The highest BCUT2D eigenvalue weighted by atomic mass is 32.1. The average Bonchev–Trinajstić information content (AvgIpc) is 2.82. The van der Waals surface area contributed by atoms with Crippen molar-refractivity contribution in [3.63, 3.8) is 0 Å². The van der Waals surface area contributed by atoms with E-state index in [-0.39, 0.29) is 16.3 Å². The molecule has 0 bridgehead atoms. The number of anilines is 2. The summed E-state index contributed by atoms with van der Waals surface area (Å²) in [6, 6.07) is 4.31. The second kappa shape index (κ2) is 8.77. The van der Waals surface area contributed by atoms with Crippen LogP contribution < -0.4 is 15.4 Å². The van der Waals surface area contributed by atoms with E-state index in [4.69, 9.17) is 0 Å². The molecular weight excluding hydrogens is 450 g/mol. The molecule has 2 amide bonds. The van der Waals surface area contributed by atoms with Gasteiger partial charge in [0.2, 0.25) is 0 Å². The van der Waals surface area contributed by atoms with Gasteiger partial charge < -0.3 is 15.4 Å². The lowest BCUT2D eigenvalue weighted by atomic mass is 10.0. The maximum atomic E-state index is 12.9. The molecule has 12 heteroatoms. The maximum Gasteiger partial charge on any atom is 0.573 e. The van der Waals surface area contributed by atoms with Crippen molar-refractivity contribution in [2.24, 2.45) is 0 Å². The monoisotopic (exact) mass is 466 g/mol. The van der Waals surface area contributed by atoms with Crippen LogP contribution in [-0.4, -0.2) is 24.4 Å². The molecule has 31 heavy (non-hydrogen) atoms. The number of halogens is 6. The molecule has 0 spiro atoms. The van der Waals surface area contributed by atoms with Gasteiger partial charge >= 0.3 is 18.4 Å². The number of hydrogen-bond donors (Lipinski definition) is 2. The van der Waals surface area contributed by atoms with E-state index >= 15 is 0 Å². The molecule has 1 aromatic carbocycles. The minimum Gasteiger partial charge on any atom is -0.406 e. The van der Waals surface area contributed by atoms with Crippen molar-refractivity contribution in [1.29, 1.82) is 0 Å². The van der Waals surface area contributed by atoms with Gasteiger partial charge in [0.05, 0.1) is 5.56 Å². The first-order valence-corrected chi connectivity index (χ1v) is 9.95. The number of benzene rings is 1. The Bertz CT molecular complexity index is 967. The van der Waals surface area contributed by atoms with Gasteiger partial charge in [0, 0.05) is 10.6 Å². The molecule has 2 N–H and O–H groups in total. The standard InChI is InChI=1S/C19H16F6N2O3S/c20-18(21,22)17(29)27-16-14(12-4-2-1-3-5-13(12)31-16)15(28)26-10-6-8-11(9-7-10)30-19(23,24)25/h6-9H,1-5H2,(H,26,28)(H,27,29). The van der Waals surface area contributed by atoms with Gasteiger partial charge in [-0.3, -0.25) is 9.59 Å². The van der Waals surface area contributed by atoms with E-state index in [1.54, 1.807) is 5.32 Å². The summed E-state index contributed by atoms with van der Waals surface area (Å²) < 4.78 is 78.7. The first-order chi connectivity index (χ1) is 14.4. The molecule has 1 aromatic heterocycles. The fourth-order valence-corrected chi connectivity index (χ4v) is 4.46. The zero-order valence-corrected chi connectivity index (χ0v) is 16.6. The van der Waals surface area contributed by atoms with E-state index in [9.17, 15) is 35.9 Å². The molecule has 0 atom stereocenters. The summed E-state index contributed by atoms with van der Waals surface area (Å²) in [6.07, 6.45) is -6.51. The van der Waals surface area contributed by atoms with Crippen LogP contribution in [0.5, 0.6) is 5.75 Å². The molecule has 0 fully saturated rings. The number of carbonyl (C=O) groups excluding carboxylic acids is 2. The first kappa shape index (κ1) is 22.9. The average molecular weight is 466 g/mol. The third-order valence-electron chi connectivity index (χ3n) is 4.48. The molecule has 0 aliphatic heterocycles. The second-order valence-corrected chi connectivity index (χ2v) is 7.85. The molecule has 0 unspecified atom stereocenters. The van der Waals surface area contributed by atoms with Gasteiger partial charge in [-0.15, -0.1) is 24.5 Å². The Morgan fingerprint density at radius 2 is 1.55 bits per heavy atom. The van der Waals surface area contributed by atoms with Gasteiger partial charge in [0.15, 0.2) is 0 Å². The molecule has 5 nitrogen and oxygen atoms in total. The SMILES string of the molecule is O=C(Nc1ccc(OC(F)(F)F)cc1)c1c(NC(=O)C(F)(F)F)sc2c1CCCCC2. The van der Waals surface area contributed by atoms with Crippen LogP contribution in [0.1, 0.15) is 40.1 Å². The largest absolute Gasteiger partial charge is 0.573 e. The van der Waals surface area contributed by atoms with Crippen LogP contribution in [-0.2, 0) is 17.6 Å². The molecular formula is C19H16F6N2O3S. The summed E-state index contributed by atoms with van der Waals surface area (Å²) in [5.74, 6) is -3.44. The van der Waals surface area contributed by atoms with Crippen molar-refractivity contribution in [3.05, 3.63) is 40.3 Å². The first-order valence-electron chi connectivity index (χ1n) is 9.14. The van der Waals surface area contributed by atoms with Crippen LogP contribution in [0.25, 0.3) is 0 Å². The van der Waals surface area contributed by atoms with E-state index in [1.807, 2.05) is 0 Å². The maximum absolute atomic E-state index is 12.9. The summed E-state index contributed by atoms with van der Waals surface area (Å²) in [7, 11) is 0. The van der Waals surface area contributed by atoms with Crippen LogP contribution in [0.2, 0.25) is 0 Å². The molecule has 0 saturated carbocycles. The van der Waals surface area contributed by atoms with Gasteiger partial charge in [-0.25, -0.2) is 0 Å². The Labute approximate surface area is 176 Å². The number of thiophene rings is 1. The number of ether oxygens (including phenoxy) is 1. The lowest BCUT2D eigenvalue weighted by Gasteiger charge is -2.12. The van der Waals surface area contributed by atoms with Crippen LogP contribution in [0.15, 0.2) is 24.3 Å². The number of aryl methyl sites for hydroxylation is 1. The minimum absolute atomic E-state index is 0.0601. The number of hydrogen-bond acceptors (Lipinski definition) is 4. The Morgan fingerprint density at radius 1 is 0.903 bits per heavy atom. The number of rotatable bonds is 4. The van der Waals surface area contributed by atoms with Gasteiger partial charge in [0.25, 0.3) is 5.91 Å². The second-order valence-electron chi connectivity index (χ2n) is 6.75. The van der Waals surface area contributed by atoms with Crippen LogP contribution in [0.4, 0.5) is 37.0 Å². The molecule has 1 aliphatic carbocycles. The van der Waals surface area contributed by atoms with Crippen LogP contribution >= 0.6 is 11.3 Å². The Balaban J connectivity index is 1.86. The number of alkyl halides is 6. The predicted octanol–water partition coefficient (Wildman–Crippen LogP) is 5.67. The molecule has 168 valence electrons. The van der Waals surface area contributed by atoms with Gasteiger partial charge in [-0.1, -0.05) is 6.42 Å². The summed E-state index contributed by atoms with van der Waals surface area (Å²) in [4.78, 5) is 25.0. The van der Waals surface area contributed by atoms with Crippen molar-refractivity contribution >= 4 is 33.8 Å². The molecule has 0 radical (unpaired) electrons. The smallest absolute Gasteiger partial charge is 0.406 e. The Morgan fingerprint density at radius 3 is 2.16 bits per heavy atom. The molecule has 1 aliphatic rings. The van der Waals surface area contributed by atoms with Gasteiger partial charge in [0.1, 0.15) is 10.8 Å². The van der Waals surface area contributed by atoms with Crippen molar-refractivity contribution in [2.45, 2.75) is 44.6 Å². The van der Waals surface area contributed by atoms with E-state index in [2.05, 4.69) is 10.1 Å². The molecule has 3 rings (SSSR count). The van der Waals surface area contributed by atoms with E-state index in [0.717, 1.165) is 59.7 Å². The lowest BCUT2D eigenvalue weighted by Crippen LogP contribution is -2.30. The Kier molecular flexibility index (Phi) is 6.48. The number of nitrogens with one attached hydrogen (secondary N) is 2. The van der Waals surface area contributed by atoms with Gasteiger partial charge in [-0.05, 0) is 55.5 Å². The van der Waals surface area contributed by atoms with Crippen molar-refractivity contribution < 1.29 is 40.7 Å². The summed E-state index contributed by atoms with van der Waals surface area (Å²) in [5, 5.41) is 4.03. The number of fused-ring (bicyclic) bond motifs is 1.